The first-order chi connectivity index (χ1) is 11.6. The van der Waals surface area contributed by atoms with Gasteiger partial charge in [-0.05, 0) is 86.1 Å². The fourth-order valence-corrected chi connectivity index (χ4v) is 3.72. The molecule has 0 atom stereocenters. The molecule has 0 aliphatic rings. The summed E-state index contributed by atoms with van der Waals surface area (Å²) < 4.78 is 0. The molecule has 1 heteroatoms. The zero-order valence-corrected chi connectivity index (χ0v) is 16.9. The Hall–Kier alpha value is -0.980. The molecule has 0 aromatic heterocycles. The van der Waals surface area contributed by atoms with Crippen molar-refractivity contribution in [1.82, 2.24) is 0 Å². The second kappa shape index (κ2) is 11.6. The van der Waals surface area contributed by atoms with Crippen LogP contribution in [0.25, 0.3) is 0 Å². The number of rotatable bonds is 12. The summed E-state index contributed by atoms with van der Waals surface area (Å²) in [6.07, 6.45) is 14.0. The molecular weight excluding hydrogens is 292 g/mol. The van der Waals surface area contributed by atoms with Crippen molar-refractivity contribution in [1.29, 1.82) is 0 Å². The van der Waals surface area contributed by atoms with E-state index in [1.165, 1.54) is 80.0 Å². The second-order valence-corrected chi connectivity index (χ2v) is 7.30. The van der Waals surface area contributed by atoms with Crippen LogP contribution in [0.15, 0.2) is 0 Å². The third kappa shape index (κ3) is 5.53. The van der Waals surface area contributed by atoms with Crippen molar-refractivity contribution >= 4 is 0 Å². The van der Waals surface area contributed by atoms with E-state index in [0.29, 0.717) is 5.75 Å². The van der Waals surface area contributed by atoms with Crippen molar-refractivity contribution in [2.75, 3.05) is 0 Å². The highest BCUT2D eigenvalue weighted by atomic mass is 16.3. The number of hydrogen-bond acceptors (Lipinski definition) is 1. The molecule has 1 nitrogen and oxygen atoms in total. The lowest BCUT2D eigenvalue weighted by Crippen LogP contribution is -2.08. The molecule has 0 saturated heterocycles. The normalized spacial score (nSPS) is 11.2. The number of phenolic OH excluding ortho intramolecular Hbond substituents is 1. The van der Waals surface area contributed by atoms with E-state index in [9.17, 15) is 5.11 Å². The van der Waals surface area contributed by atoms with Crippen LogP contribution < -0.4 is 0 Å². The van der Waals surface area contributed by atoms with Gasteiger partial charge < -0.3 is 5.11 Å². The van der Waals surface area contributed by atoms with Crippen molar-refractivity contribution in [2.24, 2.45) is 0 Å². The molecule has 138 valence electrons. The molecule has 24 heavy (non-hydrogen) atoms. The topological polar surface area (TPSA) is 20.2 Å². The predicted molar refractivity (Wildman–Crippen MR) is 107 cm³/mol. The first-order valence-corrected chi connectivity index (χ1v) is 10.5. The largest absolute Gasteiger partial charge is 0.507 e. The highest BCUT2D eigenvalue weighted by molar-refractivity contribution is 5.55. The SMILES string of the molecule is CCCCc1c(C)c(CCCC)c(CCCC)c(CCCC)c1O. The average Bonchev–Trinajstić information content (AvgIpc) is 2.58. The Morgan fingerprint density at radius 3 is 1.38 bits per heavy atom. The molecule has 0 amide bonds. The molecule has 1 rings (SSSR count). The van der Waals surface area contributed by atoms with Crippen LogP contribution in [0.1, 0.15) is 107 Å². The summed E-state index contributed by atoms with van der Waals surface area (Å²) in [5.74, 6) is 0.640. The average molecular weight is 333 g/mol. The molecule has 0 aliphatic heterocycles. The maximum absolute atomic E-state index is 11.1. The number of hydrogen-bond donors (Lipinski definition) is 1. The fourth-order valence-electron chi connectivity index (χ4n) is 3.72. The number of aromatic hydroxyl groups is 1. The van der Waals surface area contributed by atoms with Crippen molar-refractivity contribution in [2.45, 2.75) is 112 Å². The monoisotopic (exact) mass is 332 g/mol. The van der Waals surface area contributed by atoms with E-state index in [4.69, 9.17) is 0 Å². The summed E-state index contributed by atoms with van der Waals surface area (Å²) in [5.41, 5.74) is 6.98. The summed E-state index contributed by atoms with van der Waals surface area (Å²) in [4.78, 5) is 0. The Labute approximate surface area is 150 Å². The van der Waals surface area contributed by atoms with Gasteiger partial charge in [-0.1, -0.05) is 53.4 Å². The van der Waals surface area contributed by atoms with E-state index in [1.807, 2.05) is 0 Å². The Balaban J connectivity index is 3.41. The van der Waals surface area contributed by atoms with Crippen LogP contribution in [0.5, 0.6) is 5.75 Å². The summed E-state index contributed by atoms with van der Waals surface area (Å²) in [5, 5.41) is 11.1. The van der Waals surface area contributed by atoms with Crippen molar-refractivity contribution in [3.05, 3.63) is 27.8 Å². The molecule has 0 fully saturated rings. The molecule has 0 spiro atoms. The van der Waals surface area contributed by atoms with Crippen LogP contribution in [0.2, 0.25) is 0 Å². The Morgan fingerprint density at radius 1 is 0.542 bits per heavy atom. The van der Waals surface area contributed by atoms with Crippen LogP contribution in [-0.4, -0.2) is 5.11 Å². The quantitative estimate of drug-likeness (QED) is 0.434. The minimum absolute atomic E-state index is 0.640. The van der Waals surface area contributed by atoms with Crippen molar-refractivity contribution < 1.29 is 5.11 Å². The van der Waals surface area contributed by atoms with Gasteiger partial charge in [-0.3, -0.25) is 0 Å². The summed E-state index contributed by atoms with van der Waals surface area (Å²) in [7, 11) is 0. The fraction of sp³-hybridized carbons (Fsp3) is 0.739. The smallest absolute Gasteiger partial charge is 0.122 e. The first-order valence-electron chi connectivity index (χ1n) is 10.5. The summed E-state index contributed by atoms with van der Waals surface area (Å²) in [6.45, 7) is 11.3. The maximum Gasteiger partial charge on any atom is 0.122 e. The lowest BCUT2D eigenvalue weighted by Gasteiger charge is -2.23. The minimum atomic E-state index is 0.640. The van der Waals surface area contributed by atoms with Gasteiger partial charge in [0.15, 0.2) is 0 Å². The number of benzene rings is 1. The molecule has 0 heterocycles. The van der Waals surface area contributed by atoms with Gasteiger partial charge in [0, 0.05) is 0 Å². The van der Waals surface area contributed by atoms with Crippen molar-refractivity contribution in [3.8, 4) is 5.75 Å². The van der Waals surface area contributed by atoms with Crippen LogP contribution in [0, 0.1) is 6.92 Å². The highest BCUT2D eigenvalue weighted by Crippen LogP contribution is 2.37. The Morgan fingerprint density at radius 2 is 0.917 bits per heavy atom. The van der Waals surface area contributed by atoms with E-state index >= 15 is 0 Å². The van der Waals surface area contributed by atoms with Gasteiger partial charge in [0.2, 0.25) is 0 Å². The highest BCUT2D eigenvalue weighted by Gasteiger charge is 2.20. The van der Waals surface area contributed by atoms with E-state index in [1.54, 1.807) is 5.56 Å². The molecule has 0 bridgehead atoms. The Bertz CT molecular complexity index is 452. The standard InChI is InChI=1S/C23H40O/c1-6-10-14-19-18(5)20(15-11-7-2)23(24)22(17-13-9-4)21(19)16-12-8-3/h24H,6-17H2,1-5H3. The van der Waals surface area contributed by atoms with Crippen LogP contribution in [-0.2, 0) is 25.7 Å². The molecule has 0 radical (unpaired) electrons. The molecule has 1 aromatic rings. The number of unbranched alkanes of at least 4 members (excludes halogenated alkanes) is 4. The lowest BCUT2D eigenvalue weighted by atomic mass is 9.83. The van der Waals surface area contributed by atoms with Crippen LogP contribution >= 0.6 is 0 Å². The predicted octanol–water partition coefficient (Wildman–Crippen LogP) is 7.07. The summed E-state index contributed by atoms with van der Waals surface area (Å²) in [6, 6.07) is 0. The number of phenols is 1. The zero-order valence-electron chi connectivity index (χ0n) is 16.9. The third-order valence-corrected chi connectivity index (χ3v) is 5.33. The van der Waals surface area contributed by atoms with Gasteiger partial charge in [0.05, 0.1) is 0 Å². The van der Waals surface area contributed by atoms with Gasteiger partial charge in [-0.25, -0.2) is 0 Å². The zero-order chi connectivity index (χ0) is 17.9. The maximum atomic E-state index is 11.1. The Kier molecular flexibility index (Phi) is 10.1. The summed E-state index contributed by atoms with van der Waals surface area (Å²) >= 11 is 0. The van der Waals surface area contributed by atoms with E-state index in [2.05, 4.69) is 34.6 Å². The molecule has 0 unspecified atom stereocenters. The van der Waals surface area contributed by atoms with Crippen LogP contribution in [0.4, 0.5) is 0 Å². The third-order valence-electron chi connectivity index (χ3n) is 5.33. The first kappa shape index (κ1) is 21.1. The molecule has 0 aliphatic carbocycles. The van der Waals surface area contributed by atoms with Gasteiger partial charge in [0.25, 0.3) is 0 Å². The molecule has 0 saturated carbocycles. The van der Waals surface area contributed by atoms with Gasteiger partial charge in [-0.15, -0.1) is 0 Å². The molecule has 1 aromatic carbocycles. The second-order valence-electron chi connectivity index (χ2n) is 7.30. The van der Waals surface area contributed by atoms with E-state index in [0.717, 1.165) is 19.3 Å². The van der Waals surface area contributed by atoms with Gasteiger partial charge in [-0.2, -0.15) is 0 Å². The van der Waals surface area contributed by atoms with E-state index < -0.39 is 0 Å². The van der Waals surface area contributed by atoms with Gasteiger partial charge >= 0.3 is 0 Å². The van der Waals surface area contributed by atoms with Crippen molar-refractivity contribution in [3.63, 3.8) is 0 Å². The van der Waals surface area contributed by atoms with E-state index in [-0.39, 0.29) is 0 Å². The molecular formula is C23H40O. The van der Waals surface area contributed by atoms with Crippen LogP contribution in [0.3, 0.4) is 0 Å². The van der Waals surface area contributed by atoms with Gasteiger partial charge in [0.1, 0.15) is 5.75 Å². The minimum Gasteiger partial charge on any atom is -0.507 e. The molecule has 1 N–H and O–H groups in total. The lowest BCUT2D eigenvalue weighted by molar-refractivity contribution is 0.455.